The second kappa shape index (κ2) is 7.54. The number of carbonyl (C=O) groups excluding carboxylic acids is 1. The van der Waals surface area contributed by atoms with E-state index in [-0.39, 0.29) is 18.1 Å². The number of amides is 1. The van der Waals surface area contributed by atoms with Crippen LogP contribution in [0.2, 0.25) is 0 Å². The molecule has 0 unspecified atom stereocenters. The predicted octanol–water partition coefficient (Wildman–Crippen LogP) is 1.52. The quantitative estimate of drug-likeness (QED) is 0.893. The first-order valence-electron chi connectivity index (χ1n) is 8.25. The number of hydrogen-bond acceptors (Lipinski definition) is 5. The number of aromatic nitrogens is 2. The molecule has 2 aliphatic rings. The van der Waals surface area contributed by atoms with E-state index in [1.165, 1.54) is 0 Å². The zero-order valence-corrected chi connectivity index (χ0v) is 12.9. The van der Waals surface area contributed by atoms with E-state index < -0.39 is 0 Å². The summed E-state index contributed by atoms with van der Waals surface area (Å²) in [5, 5.41) is 11.2. The molecule has 2 saturated heterocycles. The molecule has 3 rings (SSSR count). The lowest BCUT2D eigenvalue weighted by Gasteiger charge is -2.33. The molecule has 6 heteroatoms. The van der Waals surface area contributed by atoms with E-state index in [1.54, 1.807) is 6.20 Å². The minimum atomic E-state index is 0.140. The Labute approximate surface area is 131 Å². The van der Waals surface area contributed by atoms with Crippen LogP contribution in [0.4, 0.5) is 5.82 Å². The van der Waals surface area contributed by atoms with Gasteiger partial charge in [0.05, 0.1) is 6.10 Å². The molecular weight excluding hydrogens is 280 g/mol. The smallest absolute Gasteiger partial charge is 0.220 e. The lowest BCUT2D eigenvalue weighted by Crippen LogP contribution is -2.48. The maximum absolute atomic E-state index is 12.1. The van der Waals surface area contributed by atoms with Crippen LogP contribution in [0, 0.1) is 0 Å². The van der Waals surface area contributed by atoms with Gasteiger partial charge < -0.3 is 15.0 Å². The standard InChI is InChI=1S/C16H24N4O2/c21-16(8-7-14-5-3-11-22-14)18-13-4-2-10-20(12-13)15-6-1-9-17-19-15/h1,6,9,13-14H,2-5,7-8,10-12H2,(H,18,21)/t13-,14+/m1/s1. The van der Waals surface area contributed by atoms with E-state index >= 15 is 0 Å². The van der Waals surface area contributed by atoms with Crippen LogP contribution in [0.5, 0.6) is 0 Å². The zero-order valence-electron chi connectivity index (χ0n) is 12.9. The summed E-state index contributed by atoms with van der Waals surface area (Å²) >= 11 is 0. The molecule has 22 heavy (non-hydrogen) atoms. The molecule has 0 bridgehead atoms. The fraction of sp³-hybridized carbons (Fsp3) is 0.688. The highest BCUT2D eigenvalue weighted by molar-refractivity contribution is 5.76. The Kier molecular flexibility index (Phi) is 5.21. The van der Waals surface area contributed by atoms with Gasteiger partial charge in [-0.1, -0.05) is 0 Å². The van der Waals surface area contributed by atoms with Crippen molar-refractivity contribution >= 4 is 11.7 Å². The Morgan fingerprint density at radius 1 is 1.41 bits per heavy atom. The predicted molar refractivity (Wildman–Crippen MR) is 83.6 cm³/mol. The highest BCUT2D eigenvalue weighted by Crippen LogP contribution is 2.18. The molecule has 2 atom stereocenters. The number of nitrogens with zero attached hydrogens (tertiary/aromatic N) is 3. The third kappa shape index (κ3) is 4.16. The third-order valence-corrected chi connectivity index (χ3v) is 4.39. The summed E-state index contributed by atoms with van der Waals surface area (Å²) in [6, 6.07) is 4.06. The number of anilines is 1. The van der Waals surface area contributed by atoms with Crippen LogP contribution in [-0.2, 0) is 9.53 Å². The Bertz CT molecular complexity index is 476. The van der Waals surface area contributed by atoms with Crippen molar-refractivity contribution < 1.29 is 9.53 Å². The summed E-state index contributed by atoms with van der Waals surface area (Å²) in [6.45, 7) is 2.63. The van der Waals surface area contributed by atoms with Gasteiger partial charge >= 0.3 is 0 Å². The fourth-order valence-corrected chi connectivity index (χ4v) is 3.23. The molecule has 0 saturated carbocycles. The van der Waals surface area contributed by atoms with E-state index in [9.17, 15) is 4.79 Å². The number of rotatable bonds is 5. The molecular formula is C16H24N4O2. The van der Waals surface area contributed by atoms with Crippen LogP contribution < -0.4 is 10.2 Å². The van der Waals surface area contributed by atoms with Crippen LogP contribution in [0.15, 0.2) is 18.3 Å². The van der Waals surface area contributed by atoms with Crippen molar-refractivity contribution in [3.05, 3.63) is 18.3 Å². The molecule has 1 N–H and O–H groups in total. The van der Waals surface area contributed by atoms with Crippen molar-refractivity contribution in [1.82, 2.24) is 15.5 Å². The Morgan fingerprint density at radius 2 is 2.36 bits per heavy atom. The van der Waals surface area contributed by atoms with Gasteiger partial charge in [0.25, 0.3) is 0 Å². The largest absolute Gasteiger partial charge is 0.378 e. The van der Waals surface area contributed by atoms with Gasteiger partial charge in [-0.25, -0.2) is 0 Å². The van der Waals surface area contributed by atoms with Gasteiger partial charge in [0.15, 0.2) is 5.82 Å². The van der Waals surface area contributed by atoms with Crippen LogP contribution in [0.1, 0.15) is 38.5 Å². The van der Waals surface area contributed by atoms with E-state index in [0.29, 0.717) is 6.42 Å². The molecule has 0 aromatic carbocycles. The Morgan fingerprint density at radius 3 is 3.14 bits per heavy atom. The Hall–Kier alpha value is -1.69. The summed E-state index contributed by atoms with van der Waals surface area (Å²) in [6.07, 6.45) is 7.68. The van der Waals surface area contributed by atoms with Gasteiger partial charge in [0, 0.05) is 38.4 Å². The van der Waals surface area contributed by atoms with E-state index in [0.717, 1.165) is 57.6 Å². The van der Waals surface area contributed by atoms with Crippen LogP contribution in [-0.4, -0.2) is 47.9 Å². The summed E-state index contributed by atoms with van der Waals surface area (Å²) in [4.78, 5) is 14.3. The van der Waals surface area contributed by atoms with Gasteiger partial charge in [0.1, 0.15) is 0 Å². The second-order valence-electron chi connectivity index (χ2n) is 6.11. The second-order valence-corrected chi connectivity index (χ2v) is 6.11. The highest BCUT2D eigenvalue weighted by atomic mass is 16.5. The monoisotopic (exact) mass is 304 g/mol. The number of nitrogens with one attached hydrogen (secondary N) is 1. The highest BCUT2D eigenvalue weighted by Gasteiger charge is 2.23. The van der Waals surface area contributed by atoms with Crippen LogP contribution in [0.25, 0.3) is 0 Å². The Balaban J connectivity index is 1.44. The third-order valence-electron chi connectivity index (χ3n) is 4.39. The molecule has 2 fully saturated rings. The molecule has 120 valence electrons. The molecule has 0 spiro atoms. The van der Waals surface area contributed by atoms with E-state index in [4.69, 9.17) is 4.74 Å². The van der Waals surface area contributed by atoms with Crippen molar-refractivity contribution in [2.75, 3.05) is 24.6 Å². The molecule has 0 aliphatic carbocycles. The van der Waals surface area contributed by atoms with Gasteiger partial charge in [0.2, 0.25) is 5.91 Å². The first-order valence-corrected chi connectivity index (χ1v) is 8.25. The van der Waals surface area contributed by atoms with Crippen molar-refractivity contribution in [2.45, 2.75) is 50.7 Å². The topological polar surface area (TPSA) is 67.3 Å². The minimum Gasteiger partial charge on any atom is -0.378 e. The van der Waals surface area contributed by atoms with E-state index in [1.807, 2.05) is 12.1 Å². The normalized spacial score (nSPS) is 25.2. The minimum absolute atomic E-state index is 0.140. The molecule has 1 aromatic heterocycles. The van der Waals surface area contributed by atoms with Gasteiger partial charge in [-0.2, -0.15) is 5.10 Å². The molecule has 0 radical (unpaired) electrons. The van der Waals surface area contributed by atoms with Gasteiger partial charge in [-0.05, 0) is 44.2 Å². The lowest BCUT2D eigenvalue weighted by atomic mass is 10.0. The van der Waals surface area contributed by atoms with Gasteiger partial charge in [-0.3, -0.25) is 4.79 Å². The maximum atomic E-state index is 12.1. The number of ether oxygens (including phenoxy) is 1. The SMILES string of the molecule is O=C(CC[C@@H]1CCCO1)N[C@@H]1CCCN(c2cccnn2)C1. The van der Waals surface area contributed by atoms with Crippen molar-refractivity contribution in [3.8, 4) is 0 Å². The molecule has 1 aromatic rings. The summed E-state index contributed by atoms with van der Waals surface area (Å²) in [7, 11) is 0. The summed E-state index contributed by atoms with van der Waals surface area (Å²) < 4.78 is 5.56. The average molecular weight is 304 g/mol. The fourth-order valence-electron chi connectivity index (χ4n) is 3.23. The number of carbonyl (C=O) groups is 1. The van der Waals surface area contributed by atoms with Gasteiger partial charge in [-0.15, -0.1) is 5.10 Å². The summed E-state index contributed by atoms with van der Waals surface area (Å²) in [5.41, 5.74) is 0. The number of piperidine rings is 1. The molecule has 2 aliphatic heterocycles. The van der Waals surface area contributed by atoms with Crippen molar-refractivity contribution in [3.63, 3.8) is 0 Å². The first-order chi connectivity index (χ1) is 10.8. The summed E-state index contributed by atoms with van der Waals surface area (Å²) in [5.74, 6) is 1.03. The average Bonchev–Trinajstić information content (AvgIpc) is 3.08. The molecule has 1 amide bonds. The maximum Gasteiger partial charge on any atom is 0.220 e. The van der Waals surface area contributed by atoms with Crippen LogP contribution >= 0.6 is 0 Å². The molecule has 6 nitrogen and oxygen atoms in total. The van der Waals surface area contributed by atoms with Crippen LogP contribution in [0.3, 0.4) is 0 Å². The zero-order chi connectivity index (χ0) is 15.2. The lowest BCUT2D eigenvalue weighted by molar-refractivity contribution is -0.122. The van der Waals surface area contributed by atoms with E-state index in [2.05, 4.69) is 20.4 Å². The van der Waals surface area contributed by atoms with Crippen molar-refractivity contribution in [1.29, 1.82) is 0 Å². The first kappa shape index (κ1) is 15.2. The molecule has 3 heterocycles. The number of hydrogen-bond donors (Lipinski definition) is 1. The van der Waals surface area contributed by atoms with Crippen molar-refractivity contribution in [2.24, 2.45) is 0 Å².